The molecule has 0 bridgehead atoms. The number of carbonyl (C=O) groups is 2. The molecule has 0 aromatic carbocycles. The van der Waals surface area contributed by atoms with Crippen LogP contribution in [0.3, 0.4) is 0 Å². The number of likely N-dealkylation sites (tertiary alicyclic amines) is 1. The molecule has 0 radical (unpaired) electrons. The minimum absolute atomic E-state index is 0.195. The van der Waals surface area contributed by atoms with Crippen LogP contribution in [0.2, 0.25) is 0 Å². The van der Waals surface area contributed by atoms with Gasteiger partial charge in [-0.2, -0.15) is 0 Å². The van der Waals surface area contributed by atoms with E-state index in [1.165, 1.54) is 0 Å². The Morgan fingerprint density at radius 3 is 2.50 bits per heavy atom. The number of nitrogens with one attached hydrogen (secondary N) is 2. The van der Waals surface area contributed by atoms with E-state index in [9.17, 15) is 9.59 Å². The summed E-state index contributed by atoms with van der Waals surface area (Å²) in [5.74, 6) is 0.647. The molecular weight excluding hydrogens is 260 g/mol. The third kappa shape index (κ3) is 2.07. The highest BCUT2D eigenvalue weighted by molar-refractivity contribution is 6.07. The second-order valence-electron chi connectivity index (χ2n) is 5.57. The number of hydrogen-bond donors (Lipinski definition) is 2. The molecule has 2 fully saturated rings. The zero-order valence-electron chi connectivity index (χ0n) is 11.7. The highest BCUT2D eigenvalue weighted by atomic mass is 16.5. The molecule has 2 saturated heterocycles. The smallest absolute Gasteiger partial charge is 0.322 e. The molecule has 2 N–H and O–H groups in total. The van der Waals surface area contributed by atoms with Crippen LogP contribution in [0.4, 0.5) is 4.79 Å². The van der Waals surface area contributed by atoms with E-state index in [0.29, 0.717) is 12.8 Å². The highest BCUT2D eigenvalue weighted by Crippen LogP contribution is 2.27. The Morgan fingerprint density at radius 1 is 1.30 bits per heavy atom. The first-order chi connectivity index (χ1) is 9.50. The molecule has 2 aliphatic heterocycles. The van der Waals surface area contributed by atoms with Crippen molar-refractivity contribution in [3.8, 4) is 0 Å². The molecule has 0 atom stereocenters. The summed E-state index contributed by atoms with van der Waals surface area (Å²) < 4.78 is 5.16. The number of piperidine rings is 1. The van der Waals surface area contributed by atoms with Crippen molar-refractivity contribution in [1.29, 1.82) is 0 Å². The van der Waals surface area contributed by atoms with Gasteiger partial charge in [-0.25, -0.2) is 4.79 Å². The van der Waals surface area contributed by atoms with Crippen molar-refractivity contribution in [2.45, 2.75) is 38.8 Å². The van der Waals surface area contributed by atoms with Crippen molar-refractivity contribution in [2.24, 2.45) is 0 Å². The van der Waals surface area contributed by atoms with Gasteiger partial charge in [0, 0.05) is 25.2 Å². The summed E-state index contributed by atoms with van der Waals surface area (Å²) in [6, 6.07) is -0.380. The molecule has 1 aromatic heterocycles. The maximum atomic E-state index is 11.9. The van der Waals surface area contributed by atoms with Crippen LogP contribution in [0, 0.1) is 13.8 Å². The van der Waals surface area contributed by atoms with Crippen LogP contribution >= 0.6 is 0 Å². The maximum absolute atomic E-state index is 11.9. The number of carbonyl (C=O) groups excluding carboxylic acids is 2. The predicted octanol–water partition coefficient (Wildman–Crippen LogP) is 0.465. The SMILES string of the molecule is Cc1noc(C)c1CN1CCC2(CC1)NC(=O)NC2=O. The number of imide groups is 1. The van der Waals surface area contributed by atoms with Crippen molar-refractivity contribution in [3.05, 3.63) is 17.0 Å². The van der Waals surface area contributed by atoms with Crippen molar-refractivity contribution in [3.63, 3.8) is 0 Å². The fourth-order valence-corrected chi connectivity index (χ4v) is 2.92. The zero-order valence-corrected chi connectivity index (χ0v) is 11.7. The molecule has 2 aliphatic rings. The van der Waals surface area contributed by atoms with Crippen molar-refractivity contribution in [2.75, 3.05) is 13.1 Å². The first kappa shape index (κ1) is 13.1. The molecule has 3 amide bonds. The number of rotatable bonds is 2. The van der Waals surface area contributed by atoms with Gasteiger partial charge in [-0.1, -0.05) is 5.16 Å². The number of urea groups is 1. The highest BCUT2D eigenvalue weighted by Gasteiger charge is 2.47. The van der Waals surface area contributed by atoms with E-state index in [-0.39, 0.29) is 11.9 Å². The summed E-state index contributed by atoms with van der Waals surface area (Å²) in [5.41, 5.74) is 1.32. The average molecular weight is 278 g/mol. The van der Waals surface area contributed by atoms with Gasteiger partial charge in [-0.15, -0.1) is 0 Å². The summed E-state index contributed by atoms with van der Waals surface area (Å²) in [4.78, 5) is 25.4. The molecule has 0 saturated carbocycles. The third-order valence-corrected chi connectivity index (χ3v) is 4.29. The van der Waals surface area contributed by atoms with E-state index in [0.717, 1.165) is 36.7 Å². The van der Waals surface area contributed by atoms with Crippen LogP contribution in [0.1, 0.15) is 29.9 Å². The fraction of sp³-hybridized carbons (Fsp3) is 0.615. The summed E-state index contributed by atoms with van der Waals surface area (Å²) in [7, 11) is 0. The van der Waals surface area contributed by atoms with Gasteiger partial charge >= 0.3 is 6.03 Å². The Bertz CT molecular complexity index is 538. The number of hydrogen-bond acceptors (Lipinski definition) is 5. The van der Waals surface area contributed by atoms with Crippen LogP contribution in [0.15, 0.2) is 4.52 Å². The molecule has 3 rings (SSSR count). The minimum atomic E-state index is -0.702. The van der Waals surface area contributed by atoms with Crippen molar-refractivity contribution < 1.29 is 14.1 Å². The molecular formula is C13H18N4O3. The monoisotopic (exact) mass is 278 g/mol. The van der Waals surface area contributed by atoms with Crippen LogP contribution < -0.4 is 10.6 Å². The molecule has 0 aliphatic carbocycles. The quantitative estimate of drug-likeness (QED) is 0.768. The van der Waals surface area contributed by atoms with Crippen LogP contribution in [0.5, 0.6) is 0 Å². The maximum Gasteiger partial charge on any atom is 0.322 e. The van der Waals surface area contributed by atoms with Crippen LogP contribution in [-0.2, 0) is 11.3 Å². The fourth-order valence-electron chi connectivity index (χ4n) is 2.92. The zero-order chi connectivity index (χ0) is 14.3. The first-order valence-electron chi connectivity index (χ1n) is 6.78. The van der Waals surface area contributed by atoms with E-state index in [4.69, 9.17) is 4.52 Å². The molecule has 0 unspecified atom stereocenters. The van der Waals surface area contributed by atoms with Gasteiger partial charge in [-0.05, 0) is 26.7 Å². The Balaban J connectivity index is 1.65. The minimum Gasteiger partial charge on any atom is -0.361 e. The third-order valence-electron chi connectivity index (χ3n) is 4.29. The van der Waals surface area contributed by atoms with Crippen LogP contribution in [0.25, 0.3) is 0 Å². The Labute approximate surface area is 116 Å². The van der Waals surface area contributed by atoms with Gasteiger partial charge < -0.3 is 9.84 Å². The average Bonchev–Trinajstić information content (AvgIpc) is 2.86. The van der Waals surface area contributed by atoms with Gasteiger partial charge in [0.05, 0.1) is 5.69 Å². The lowest BCUT2D eigenvalue weighted by Gasteiger charge is -2.36. The Morgan fingerprint density at radius 2 is 2.00 bits per heavy atom. The van der Waals surface area contributed by atoms with Gasteiger partial charge in [-0.3, -0.25) is 15.0 Å². The number of aromatic nitrogens is 1. The molecule has 7 heteroatoms. The summed E-state index contributed by atoms with van der Waals surface area (Å²) in [6.45, 7) is 6.13. The topological polar surface area (TPSA) is 87.5 Å². The largest absolute Gasteiger partial charge is 0.361 e. The lowest BCUT2D eigenvalue weighted by atomic mass is 9.87. The van der Waals surface area contributed by atoms with Gasteiger partial charge in [0.25, 0.3) is 5.91 Å². The van der Waals surface area contributed by atoms with E-state index in [1.54, 1.807) is 0 Å². The van der Waals surface area contributed by atoms with E-state index >= 15 is 0 Å². The second-order valence-corrected chi connectivity index (χ2v) is 5.57. The second kappa shape index (κ2) is 4.59. The lowest BCUT2D eigenvalue weighted by Crippen LogP contribution is -2.54. The molecule has 108 valence electrons. The Hall–Kier alpha value is -1.89. The number of nitrogens with zero attached hydrogens (tertiary/aromatic N) is 2. The van der Waals surface area contributed by atoms with Crippen molar-refractivity contribution >= 4 is 11.9 Å². The summed E-state index contributed by atoms with van der Waals surface area (Å²) in [6.07, 6.45) is 1.27. The standard InChI is InChI=1S/C13H18N4O3/c1-8-10(9(2)20-16-8)7-17-5-3-13(4-6-17)11(18)14-12(19)15-13/h3-7H2,1-2H3,(H2,14,15,18,19). The summed E-state index contributed by atoms with van der Waals surface area (Å²) >= 11 is 0. The van der Waals surface area contributed by atoms with Gasteiger partial charge in [0.15, 0.2) is 0 Å². The Kier molecular flexibility index (Phi) is 3.01. The van der Waals surface area contributed by atoms with E-state index in [2.05, 4.69) is 20.7 Å². The normalized spacial score (nSPS) is 22.1. The van der Waals surface area contributed by atoms with E-state index < -0.39 is 5.54 Å². The predicted molar refractivity (Wildman–Crippen MR) is 69.9 cm³/mol. The number of aryl methyl sites for hydroxylation is 2. The number of amides is 3. The molecule has 20 heavy (non-hydrogen) atoms. The molecule has 7 nitrogen and oxygen atoms in total. The van der Waals surface area contributed by atoms with Gasteiger partial charge in [0.1, 0.15) is 11.3 Å². The molecule has 1 spiro atoms. The van der Waals surface area contributed by atoms with Crippen molar-refractivity contribution in [1.82, 2.24) is 20.7 Å². The lowest BCUT2D eigenvalue weighted by molar-refractivity contribution is -0.125. The van der Waals surface area contributed by atoms with Crippen LogP contribution in [-0.4, -0.2) is 40.6 Å². The van der Waals surface area contributed by atoms with Gasteiger partial charge in [0.2, 0.25) is 0 Å². The summed E-state index contributed by atoms with van der Waals surface area (Å²) in [5, 5.41) is 9.04. The molecule has 3 heterocycles. The molecule has 1 aromatic rings. The van der Waals surface area contributed by atoms with E-state index in [1.807, 2.05) is 13.8 Å². The first-order valence-corrected chi connectivity index (χ1v) is 6.78.